The molecule has 2 aromatic rings. The quantitative estimate of drug-likeness (QED) is 0.794. The van der Waals surface area contributed by atoms with Crippen LogP contribution >= 0.6 is 11.3 Å². The van der Waals surface area contributed by atoms with E-state index in [0.29, 0.717) is 18.8 Å². The van der Waals surface area contributed by atoms with Crippen molar-refractivity contribution < 1.29 is 19.2 Å². The van der Waals surface area contributed by atoms with Crippen LogP contribution in [0, 0.1) is 0 Å². The van der Waals surface area contributed by atoms with Gasteiger partial charge >= 0.3 is 0 Å². The molecule has 1 atom stereocenters. The maximum atomic E-state index is 12.2. The summed E-state index contributed by atoms with van der Waals surface area (Å²) in [6.45, 7) is 2.32. The standard InChI is InChI=1S/C13H16N2O4S/c1-8(16)12-10(13(17)14-5-6-18-2)11(15-19-12)9-4-3-7-20-9/h3-4,7-8,16H,5-6H2,1-2H3,(H,14,17)/t8-/m0/s1. The molecule has 0 aromatic carbocycles. The highest BCUT2D eigenvalue weighted by atomic mass is 32.1. The van der Waals surface area contributed by atoms with Crippen molar-refractivity contribution in [1.29, 1.82) is 0 Å². The van der Waals surface area contributed by atoms with Crippen molar-refractivity contribution in [2.75, 3.05) is 20.3 Å². The number of aliphatic hydroxyl groups is 1. The smallest absolute Gasteiger partial charge is 0.257 e. The first-order valence-corrected chi connectivity index (χ1v) is 7.01. The van der Waals surface area contributed by atoms with Gasteiger partial charge in [-0.05, 0) is 18.4 Å². The highest BCUT2D eigenvalue weighted by Crippen LogP contribution is 2.31. The number of ether oxygens (including phenoxy) is 1. The molecule has 0 unspecified atom stereocenters. The number of aliphatic hydroxyl groups excluding tert-OH is 1. The van der Waals surface area contributed by atoms with Crippen molar-refractivity contribution in [3.05, 3.63) is 28.8 Å². The molecule has 0 aliphatic heterocycles. The monoisotopic (exact) mass is 296 g/mol. The first-order chi connectivity index (χ1) is 9.65. The van der Waals surface area contributed by atoms with E-state index >= 15 is 0 Å². The lowest BCUT2D eigenvalue weighted by atomic mass is 10.1. The predicted molar refractivity (Wildman–Crippen MR) is 74.7 cm³/mol. The van der Waals surface area contributed by atoms with E-state index in [1.807, 2.05) is 17.5 Å². The van der Waals surface area contributed by atoms with E-state index in [4.69, 9.17) is 9.26 Å². The number of amides is 1. The van der Waals surface area contributed by atoms with Crippen LogP contribution in [-0.4, -0.2) is 36.4 Å². The van der Waals surface area contributed by atoms with Crippen molar-refractivity contribution >= 4 is 17.2 Å². The Hall–Kier alpha value is -1.70. The average Bonchev–Trinajstić information content (AvgIpc) is 3.07. The van der Waals surface area contributed by atoms with Crippen LogP contribution in [-0.2, 0) is 4.74 Å². The topological polar surface area (TPSA) is 84.6 Å². The molecule has 0 saturated carbocycles. The van der Waals surface area contributed by atoms with Gasteiger partial charge in [0.25, 0.3) is 5.91 Å². The van der Waals surface area contributed by atoms with Crippen LogP contribution < -0.4 is 5.32 Å². The minimum atomic E-state index is -0.903. The van der Waals surface area contributed by atoms with E-state index in [1.54, 1.807) is 7.11 Å². The van der Waals surface area contributed by atoms with Crippen molar-refractivity contribution in [3.8, 4) is 10.6 Å². The van der Waals surface area contributed by atoms with Gasteiger partial charge in [-0.25, -0.2) is 0 Å². The normalized spacial score (nSPS) is 12.3. The molecule has 2 rings (SSSR count). The summed E-state index contributed by atoms with van der Waals surface area (Å²) in [6, 6.07) is 3.71. The Kier molecular flexibility index (Phi) is 4.89. The van der Waals surface area contributed by atoms with Crippen LogP contribution in [0.25, 0.3) is 10.6 Å². The molecule has 2 N–H and O–H groups in total. The zero-order valence-electron chi connectivity index (χ0n) is 11.3. The third kappa shape index (κ3) is 3.06. The number of thiophene rings is 1. The molecule has 2 aromatic heterocycles. The van der Waals surface area contributed by atoms with E-state index in [-0.39, 0.29) is 17.2 Å². The molecule has 108 valence electrons. The number of hydrogen-bond acceptors (Lipinski definition) is 6. The molecule has 2 heterocycles. The fraction of sp³-hybridized carbons (Fsp3) is 0.385. The lowest BCUT2D eigenvalue weighted by Crippen LogP contribution is -2.28. The van der Waals surface area contributed by atoms with E-state index in [9.17, 15) is 9.90 Å². The van der Waals surface area contributed by atoms with Crippen LogP contribution in [0.4, 0.5) is 0 Å². The fourth-order valence-corrected chi connectivity index (χ4v) is 2.46. The summed E-state index contributed by atoms with van der Waals surface area (Å²) >= 11 is 1.45. The molecular formula is C13H16N2O4S. The van der Waals surface area contributed by atoms with E-state index < -0.39 is 6.10 Å². The number of carbonyl (C=O) groups is 1. The number of nitrogens with one attached hydrogen (secondary N) is 1. The Balaban J connectivity index is 2.32. The van der Waals surface area contributed by atoms with Crippen LogP contribution in [0.15, 0.2) is 22.0 Å². The maximum absolute atomic E-state index is 12.2. The van der Waals surface area contributed by atoms with Gasteiger partial charge in [0.15, 0.2) is 5.76 Å². The van der Waals surface area contributed by atoms with Gasteiger partial charge in [0, 0.05) is 13.7 Å². The Bertz CT molecular complexity index is 563. The van der Waals surface area contributed by atoms with E-state index in [1.165, 1.54) is 18.3 Å². The Morgan fingerprint density at radius 2 is 2.45 bits per heavy atom. The van der Waals surface area contributed by atoms with Gasteiger partial charge in [0.1, 0.15) is 17.4 Å². The minimum Gasteiger partial charge on any atom is -0.385 e. The SMILES string of the molecule is COCCNC(=O)c1c(-c2cccs2)noc1[C@H](C)O. The first-order valence-electron chi connectivity index (χ1n) is 6.13. The first kappa shape index (κ1) is 14.7. The molecule has 0 saturated heterocycles. The Morgan fingerprint density at radius 3 is 3.05 bits per heavy atom. The van der Waals surface area contributed by atoms with Gasteiger partial charge in [-0.2, -0.15) is 0 Å². The van der Waals surface area contributed by atoms with Crippen LogP contribution in [0.2, 0.25) is 0 Å². The predicted octanol–water partition coefficient (Wildman–Crippen LogP) is 1.83. The number of methoxy groups -OCH3 is 1. The summed E-state index contributed by atoms with van der Waals surface area (Å²) < 4.78 is 10.0. The molecule has 6 nitrogen and oxygen atoms in total. The van der Waals surface area contributed by atoms with Gasteiger partial charge in [-0.3, -0.25) is 4.79 Å². The Morgan fingerprint density at radius 1 is 1.65 bits per heavy atom. The van der Waals surface area contributed by atoms with Crippen molar-refractivity contribution in [2.24, 2.45) is 0 Å². The zero-order chi connectivity index (χ0) is 14.5. The number of aromatic nitrogens is 1. The zero-order valence-corrected chi connectivity index (χ0v) is 12.1. The molecule has 0 spiro atoms. The largest absolute Gasteiger partial charge is 0.385 e. The van der Waals surface area contributed by atoms with Crippen molar-refractivity contribution in [2.45, 2.75) is 13.0 Å². The van der Waals surface area contributed by atoms with Crippen LogP contribution in [0.3, 0.4) is 0 Å². The van der Waals surface area contributed by atoms with Gasteiger partial charge in [-0.1, -0.05) is 11.2 Å². The van der Waals surface area contributed by atoms with Crippen LogP contribution in [0.5, 0.6) is 0 Å². The molecule has 0 bridgehead atoms. The molecule has 7 heteroatoms. The number of rotatable bonds is 6. The molecule has 0 radical (unpaired) electrons. The number of carbonyl (C=O) groups excluding carboxylic acids is 1. The van der Waals surface area contributed by atoms with Crippen molar-refractivity contribution in [1.82, 2.24) is 10.5 Å². The maximum Gasteiger partial charge on any atom is 0.257 e. The summed E-state index contributed by atoms with van der Waals surface area (Å²) in [6.07, 6.45) is -0.903. The van der Waals surface area contributed by atoms with Gasteiger partial charge in [-0.15, -0.1) is 11.3 Å². The van der Waals surface area contributed by atoms with Crippen molar-refractivity contribution in [3.63, 3.8) is 0 Å². The summed E-state index contributed by atoms with van der Waals surface area (Å²) in [7, 11) is 1.56. The second kappa shape index (κ2) is 6.65. The summed E-state index contributed by atoms with van der Waals surface area (Å²) in [4.78, 5) is 13.1. The lowest BCUT2D eigenvalue weighted by Gasteiger charge is -2.06. The third-order valence-corrected chi connectivity index (χ3v) is 3.55. The van der Waals surface area contributed by atoms with Gasteiger partial charge in [0.05, 0.1) is 11.5 Å². The molecule has 0 aliphatic rings. The molecular weight excluding hydrogens is 280 g/mol. The fourth-order valence-electron chi connectivity index (χ4n) is 1.74. The third-order valence-electron chi connectivity index (χ3n) is 2.67. The van der Waals surface area contributed by atoms with E-state index in [0.717, 1.165) is 4.88 Å². The highest BCUT2D eigenvalue weighted by molar-refractivity contribution is 7.13. The molecule has 0 fully saturated rings. The summed E-state index contributed by atoms with van der Waals surface area (Å²) in [5.74, 6) is -0.161. The second-order valence-electron chi connectivity index (χ2n) is 4.17. The van der Waals surface area contributed by atoms with Gasteiger partial charge < -0.3 is 19.7 Å². The second-order valence-corrected chi connectivity index (χ2v) is 5.12. The average molecular weight is 296 g/mol. The minimum absolute atomic E-state index is 0.170. The number of nitrogens with zero attached hydrogens (tertiary/aromatic N) is 1. The molecule has 20 heavy (non-hydrogen) atoms. The number of hydrogen-bond donors (Lipinski definition) is 2. The summed E-state index contributed by atoms with van der Waals surface area (Å²) in [5, 5.41) is 18.2. The molecule has 0 aliphatic carbocycles. The lowest BCUT2D eigenvalue weighted by molar-refractivity contribution is 0.0924. The Labute approximate surface area is 120 Å². The molecule has 1 amide bonds. The van der Waals surface area contributed by atoms with Crippen LogP contribution in [0.1, 0.15) is 29.1 Å². The van der Waals surface area contributed by atoms with E-state index in [2.05, 4.69) is 10.5 Å². The summed E-state index contributed by atoms with van der Waals surface area (Å²) in [5.41, 5.74) is 0.726. The van der Waals surface area contributed by atoms with Gasteiger partial charge in [0.2, 0.25) is 0 Å². The highest BCUT2D eigenvalue weighted by Gasteiger charge is 2.26.